The molecule has 1 aliphatic carbocycles. The number of thiocarbonyl (C=S) groups is 1. The van der Waals surface area contributed by atoms with Crippen LogP contribution in [0.15, 0.2) is 54.7 Å². The molecule has 5 rings (SSSR count). The summed E-state index contributed by atoms with van der Waals surface area (Å²) in [6.45, 7) is 6.77. The van der Waals surface area contributed by atoms with Gasteiger partial charge in [-0.15, -0.1) is 0 Å². The Bertz CT molecular complexity index is 1100. The summed E-state index contributed by atoms with van der Waals surface area (Å²) in [5, 5.41) is 4.55. The van der Waals surface area contributed by atoms with Gasteiger partial charge in [-0.3, -0.25) is 4.98 Å². The molecule has 166 valence electrons. The number of aromatic nitrogens is 2. The van der Waals surface area contributed by atoms with Crippen molar-refractivity contribution >= 4 is 17.3 Å². The third-order valence-corrected chi connectivity index (χ3v) is 7.75. The van der Waals surface area contributed by atoms with Crippen LogP contribution in [-0.2, 0) is 0 Å². The number of benzene rings is 1. The standard InChI is InChI=1S/C27H32N4S/c1-18-19(2)30(21-12-6-4-7-13-21)20(3)24(18)26-25(23-16-10-11-17-28-23)29-27(32)31(26)22-14-8-5-9-15-22/h4,6-7,10-13,16-17,22,25-26H,5,8-9,14-15H2,1-3H3,(H,29,32)/t25-,26-/m0/s1. The van der Waals surface area contributed by atoms with Crippen molar-refractivity contribution in [1.82, 2.24) is 19.8 Å². The zero-order chi connectivity index (χ0) is 22.2. The molecular weight excluding hydrogens is 412 g/mol. The van der Waals surface area contributed by atoms with Crippen molar-refractivity contribution in [2.24, 2.45) is 0 Å². The maximum absolute atomic E-state index is 5.98. The molecule has 1 aliphatic heterocycles. The number of rotatable bonds is 4. The fraction of sp³-hybridized carbons (Fsp3) is 0.407. The third-order valence-electron chi connectivity index (χ3n) is 7.42. The molecule has 3 heterocycles. The monoisotopic (exact) mass is 444 g/mol. The summed E-state index contributed by atoms with van der Waals surface area (Å²) in [6.07, 6.45) is 8.22. The van der Waals surface area contributed by atoms with Crippen molar-refractivity contribution in [1.29, 1.82) is 0 Å². The van der Waals surface area contributed by atoms with Crippen LogP contribution in [0.2, 0.25) is 0 Å². The van der Waals surface area contributed by atoms with Crippen LogP contribution in [0, 0.1) is 20.8 Å². The highest BCUT2D eigenvalue weighted by molar-refractivity contribution is 7.80. The highest BCUT2D eigenvalue weighted by Gasteiger charge is 2.45. The van der Waals surface area contributed by atoms with Crippen molar-refractivity contribution < 1.29 is 0 Å². The maximum Gasteiger partial charge on any atom is 0.170 e. The number of hydrogen-bond donors (Lipinski definition) is 1. The van der Waals surface area contributed by atoms with Gasteiger partial charge in [-0.1, -0.05) is 43.5 Å². The molecule has 5 heteroatoms. The van der Waals surface area contributed by atoms with E-state index in [4.69, 9.17) is 17.2 Å². The average Bonchev–Trinajstić information content (AvgIpc) is 3.28. The zero-order valence-electron chi connectivity index (χ0n) is 19.2. The lowest BCUT2D eigenvalue weighted by molar-refractivity contribution is 0.196. The summed E-state index contributed by atoms with van der Waals surface area (Å²) in [4.78, 5) is 7.27. The van der Waals surface area contributed by atoms with Gasteiger partial charge in [0.25, 0.3) is 0 Å². The Morgan fingerprint density at radius 2 is 1.62 bits per heavy atom. The topological polar surface area (TPSA) is 33.1 Å². The number of nitrogens with one attached hydrogen (secondary N) is 1. The molecule has 2 aromatic heterocycles. The summed E-state index contributed by atoms with van der Waals surface area (Å²) >= 11 is 5.98. The molecule has 2 fully saturated rings. The van der Waals surface area contributed by atoms with Crippen LogP contribution < -0.4 is 5.32 Å². The quantitative estimate of drug-likeness (QED) is 0.493. The lowest BCUT2D eigenvalue weighted by Crippen LogP contribution is -2.40. The van der Waals surface area contributed by atoms with Gasteiger partial charge < -0.3 is 14.8 Å². The Labute approximate surface area is 196 Å². The second kappa shape index (κ2) is 8.70. The lowest BCUT2D eigenvalue weighted by Gasteiger charge is -2.37. The Balaban J connectivity index is 1.67. The van der Waals surface area contributed by atoms with E-state index in [1.54, 1.807) is 0 Å². The first kappa shape index (κ1) is 21.2. The van der Waals surface area contributed by atoms with Crippen LogP contribution in [0.5, 0.6) is 0 Å². The molecule has 1 saturated carbocycles. The van der Waals surface area contributed by atoms with Crippen LogP contribution in [-0.4, -0.2) is 25.6 Å². The SMILES string of the molecule is Cc1c([C@H]2[C@H](c3ccccn3)NC(=S)N2C2CCCCC2)c(C)n(-c2ccccc2)c1C. The molecule has 0 bridgehead atoms. The second-order valence-corrected chi connectivity index (χ2v) is 9.59. The molecule has 4 nitrogen and oxygen atoms in total. The van der Waals surface area contributed by atoms with Crippen molar-refractivity contribution in [3.8, 4) is 5.69 Å². The zero-order valence-corrected chi connectivity index (χ0v) is 20.0. The molecule has 2 aliphatic rings. The van der Waals surface area contributed by atoms with E-state index in [2.05, 4.69) is 78.0 Å². The van der Waals surface area contributed by atoms with Crippen molar-refractivity contribution in [3.63, 3.8) is 0 Å². The van der Waals surface area contributed by atoms with Crippen LogP contribution in [0.25, 0.3) is 5.69 Å². The van der Waals surface area contributed by atoms with Gasteiger partial charge in [0.15, 0.2) is 5.11 Å². The molecule has 32 heavy (non-hydrogen) atoms. The molecule has 3 aromatic rings. The number of para-hydroxylation sites is 1. The molecule has 0 radical (unpaired) electrons. The smallest absolute Gasteiger partial charge is 0.170 e. The number of nitrogens with zero attached hydrogens (tertiary/aromatic N) is 3. The van der Waals surface area contributed by atoms with E-state index in [0.717, 1.165) is 10.8 Å². The Hall–Kier alpha value is -2.66. The molecule has 0 spiro atoms. The molecule has 0 amide bonds. The third kappa shape index (κ3) is 3.53. The summed E-state index contributed by atoms with van der Waals surface area (Å²) in [6, 6.07) is 17.5. The molecule has 2 atom stereocenters. The first-order valence-corrected chi connectivity index (χ1v) is 12.2. The summed E-state index contributed by atoms with van der Waals surface area (Å²) in [5.41, 5.74) is 7.60. The van der Waals surface area contributed by atoms with Gasteiger partial charge in [-0.05, 0) is 75.7 Å². The fourth-order valence-electron chi connectivity index (χ4n) is 5.83. The highest BCUT2D eigenvalue weighted by Crippen LogP contribution is 2.46. The minimum atomic E-state index is 0.0500. The highest BCUT2D eigenvalue weighted by atomic mass is 32.1. The van der Waals surface area contributed by atoms with Gasteiger partial charge in [-0.25, -0.2) is 0 Å². The Morgan fingerprint density at radius 1 is 0.906 bits per heavy atom. The fourth-order valence-corrected chi connectivity index (χ4v) is 6.22. The first-order chi connectivity index (χ1) is 15.6. The average molecular weight is 445 g/mol. The van der Waals surface area contributed by atoms with Gasteiger partial charge in [-0.2, -0.15) is 0 Å². The van der Waals surface area contributed by atoms with Gasteiger partial charge in [0.1, 0.15) is 0 Å². The van der Waals surface area contributed by atoms with Gasteiger partial charge in [0.2, 0.25) is 0 Å². The molecule has 1 aromatic carbocycles. The van der Waals surface area contributed by atoms with E-state index in [9.17, 15) is 0 Å². The van der Waals surface area contributed by atoms with Crippen molar-refractivity contribution in [3.05, 3.63) is 82.9 Å². The molecule has 1 N–H and O–H groups in total. The minimum Gasteiger partial charge on any atom is -0.352 e. The summed E-state index contributed by atoms with van der Waals surface area (Å²) in [7, 11) is 0. The summed E-state index contributed by atoms with van der Waals surface area (Å²) in [5.74, 6) is 0. The van der Waals surface area contributed by atoms with Crippen molar-refractivity contribution in [2.45, 2.75) is 71.0 Å². The predicted octanol–water partition coefficient (Wildman–Crippen LogP) is 6.10. The normalized spacial score (nSPS) is 21.7. The largest absolute Gasteiger partial charge is 0.352 e. The van der Waals surface area contributed by atoms with E-state index in [1.807, 2.05) is 12.3 Å². The van der Waals surface area contributed by atoms with Crippen LogP contribution in [0.3, 0.4) is 0 Å². The second-order valence-electron chi connectivity index (χ2n) is 9.21. The van der Waals surface area contributed by atoms with Crippen LogP contribution >= 0.6 is 12.2 Å². The maximum atomic E-state index is 5.98. The van der Waals surface area contributed by atoms with Gasteiger partial charge in [0.05, 0.1) is 17.8 Å². The summed E-state index contributed by atoms with van der Waals surface area (Å²) < 4.78 is 2.40. The van der Waals surface area contributed by atoms with E-state index < -0.39 is 0 Å². The molecule has 0 unspecified atom stereocenters. The van der Waals surface area contributed by atoms with Crippen LogP contribution in [0.4, 0.5) is 0 Å². The van der Waals surface area contributed by atoms with E-state index >= 15 is 0 Å². The Morgan fingerprint density at radius 3 is 2.31 bits per heavy atom. The van der Waals surface area contributed by atoms with E-state index in [1.165, 1.54) is 60.3 Å². The molecular formula is C27H32N4S. The lowest BCUT2D eigenvalue weighted by atomic mass is 9.89. The Kier molecular flexibility index (Phi) is 5.76. The van der Waals surface area contributed by atoms with E-state index in [-0.39, 0.29) is 12.1 Å². The van der Waals surface area contributed by atoms with Gasteiger partial charge in [0, 0.05) is 34.9 Å². The number of hydrogen-bond acceptors (Lipinski definition) is 2. The first-order valence-electron chi connectivity index (χ1n) is 11.8. The molecule has 1 saturated heterocycles. The van der Waals surface area contributed by atoms with Crippen molar-refractivity contribution in [2.75, 3.05) is 0 Å². The number of pyridine rings is 1. The predicted molar refractivity (Wildman–Crippen MR) is 134 cm³/mol. The minimum absolute atomic E-state index is 0.0500. The van der Waals surface area contributed by atoms with E-state index in [0.29, 0.717) is 6.04 Å². The van der Waals surface area contributed by atoms with Crippen LogP contribution in [0.1, 0.15) is 72.4 Å². The van der Waals surface area contributed by atoms with Gasteiger partial charge >= 0.3 is 0 Å².